The quantitative estimate of drug-likeness (QED) is 0.806. The summed E-state index contributed by atoms with van der Waals surface area (Å²) >= 11 is 0. The van der Waals surface area contributed by atoms with Gasteiger partial charge in [-0.05, 0) is 36.8 Å². The summed E-state index contributed by atoms with van der Waals surface area (Å²) in [6, 6.07) is 11.8. The first-order valence-electron chi connectivity index (χ1n) is 7.23. The lowest BCUT2D eigenvalue weighted by Gasteiger charge is -2.18. The van der Waals surface area contributed by atoms with Gasteiger partial charge in [-0.3, -0.25) is 15.0 Å². The normalized spacial score (nSPS) is 20.2. The van der Waals surface area contributed by atoms with Gasteiger partial charge in [-0.1, -0.05) is 29.8 Å². The Morgan fingerprint density at radius 2 is 1.74 bits per heavy atom. The Morgan fingerprint density at radius 3 is 2.39 bits per heavy atom. The first-order chi connectivity index (χ1) is 11.0. The van der Waals surface area contributed by atoms with E-state index in [9.17, 15) is 14.0 Å². The SMILES string of the molecule is Cc1ccc([C@H]2NNC(=O)[C@H]2NC(=O)c2ccc(F)cc2)cc1. The van der Waals surface area contributed by atoms with E-state index in [1.54, 1.807) is 0 Å². The van der Waals surface area contributed by atoms with Crippen molar-refractivity contribution in [2.75, 3.05) is 0 Å². The number of hydrazine groups is 1. The highest BCUT2D eigenvalue weighted by Crippen LogP contribution is 2.21. The van der Waals surface area contributed by atoms with Crippen LogP contribution in [0.4, 0.5) is 4.39 Å². The molecule has 0 unspecified atom stereocenters. The first kappa shape index (κ1) is 15.2. The van der Waals surface area contributed by atoms with Gasteiger partial charge in [0.15, 0.2) is 0 Å². The minimum absolute atomic E-state index is 0.300. The van der Waals surface area contributed by atoms with Gasteiger partial charge in [-0.25, -0.2) is 9.82 Å². The number of hydrogen-bond acceptors (Lipinski definition) is 3. The van der Waals surface area contributed by atoms with Crippen LogP contribution in [0, 0.1) is 12.7 Å². The third-order valence-electron chi connectivity index (χ3n) is 3.80. The van der Waals surface area contributed by atoms with Gasteiger partial charge >= 0.3 is 0 Å². The van der Waals surface area contributed by atoms with Crippen molar-refractivity contribution in [3.63, 3.8) is 0 Å². The van der Waals surface area contributed by atoms with Gasteiger partial charge in [-0.2, -0.15) is 0 Å². The second-order valence-corrected chi connectivity index (χ2v) is 5.48. The summed E-state index contributed by atoms with van der Waals surface area (Å²) in [5.74, 6) is -1.16. The highest BCUT2D eigenvalue weighted by molar-refractivity contribution is 5.98. The molecule has 2 aromatic carbocycles. The van der Waals surface area contributed by atoms with E-state index in [2.05, 4.69) is 16.2 Å². The van der Waals surface area contributed by atoms with Crippen molar-refractivity contribution in [1.29, 1.82) is 0 Å². The van der Waals surface area contributed by atoms with E-state index in [0.717, 1.165) is 11.1 Å². The summed E-state index contributed by atoms with van der Waals surface area (Å²) in [5, 5.41) is 2.69. The number of carbonyl (C=O) groups is 2. The minimum atomic E-state index is -0.741. The fourth-order valence-electron chi connectivity index (χ4n) is 2.49. The third kappa shape index (κ3) is 3.22. The van der Waals surface area contributed by atoms with E-state index >= 15 is 0 Å². The van der Waals surface area contributed by atoms with E-state index < -0.39 is 17.8 Å². The average Bonchev–Trinajstić information content (AvgIpc) is 2.90. The Labute approximate surface area is 132 Å². The van der Waals surface area contributed by atoms with Crippen LogP contribution < -0.4 is 16.2 Å². The average molecular weight is 313 g/mol. The molecule has 1 saturated heterocycles. The molecule has 3 rings (SSSR count). The summed E-state index contributed by atoms with van der Waals surface area (Å²) in [6.45, 7) is 1.98. The highest BCUT2D eigenvalue weighted by atomic mass is 19.1. The molecule has 2 amide bonds. The Morgan fingerprint density at radius 1 is 1.09 bits per heavy atom. The van der Waals surface area contributed by atoms with Crippen LogP contribution in [0.25, 0.3) is 0 Å². The fraction of sp³-hybridized carbons (Fsp3) is 0.176. The Kier molecular flexibility index (Phi) is 4.08. The Hall–Kier alpha value is -2.73. The van der Waals surface area contributed by atoms with Gasteiger partial charge in [-0.15, -0.1) is 0 Å². The van der Waals surface area contributed by atoms with Crippen molar-refractivity contribution < 1.29 is 14.0 Å². The summed E-state index contributed by atoms with van der Waals surface area (Å²) < 4.78 is 12.9. The monoisotopic (exact) mass is 313 g/mol. The summed E-state index contributed by atoms with van der Waals surface area (Å²) in [7, 11) is 0. The molecule has 1 aliphatic rings. The maximum Gasteiger partial charge on any atom is 0.258 e. The second-order valence-electron chi connectivity index (χ2n) is 5.48. The van der Waals surface area contributed by atoms with Crippen molar-refractivity contribution in [2.24, 2.45) is 0 Å². The van der Waals surface area contributed by atoms with E-state index in [1.807, 2.05) is 31.2 Å². The Balaban J connectivity index is 1.78. The van der Waals surface area contributed by atoms with E-state index in [4.69, 9.17) is 0 Å². The second kappa shape index (κ2) is 6.18. The molecule has 0 aliphatic carbocycles. The van der Waals surface area contributed by atoms with Crippen LogP contribution in [-0.4, -0.2) is 17.9 Å². The lowest BCUT2D eigenvalue weighted by atomic mass is 9.99. The molecule has 1 fully saturated rings. The zero-order valence-corrected chi connectivity index (χ0v) is 12.5. The molecule has 23 heavy (non-hydrogen) atoms. The predicted molar refractivity (Wildman–Crippen MR) is 82.9 cm³/mol. The summed E-state index contributed by atoms with van der Waals surface area (Å²) in [6.07, 6.45) is 0. The smallest absolute Gasteiger partial charge is 0.258 e. The largest absolute Gasteiger partial charge is 0.338 e. The van der Waals surface area contributed by atoms with Crippen molar-refractivity contribution in [1.82, 2.24) is 16.2 Å². The lowest BCUT2D eigenvalue weighted by Crippen LogP contribution is -2.42. The van der Waals surface area contributed by atoms with E-state index in [-0.39, 0.29) is 11.9 Å². The van der Waals surface area contributed by atoms with Crippen molar-refractivity contribution in [3.8, 4) is 0 Å². The number of amides is 2. The van der Waals surface area contributed by atoms with Gasteiger partial charge in [0.2, 0.25) is 0 Å². The molecule has 118 valence electrons. The third-order valence-corrected chi connectivity index (χ3v) is 3.80. The molecule has 0 bridgehead atoms. The van der Waals surface area contributed by atoms with Crippen LogP contribution in [0.1, 0.15) is 27.5 Å². The zero-order valence-electron chi connectivity index (χ0n) is 12.5. The molecule has 0 spiro atoms. The number of rotatable bonds is 3. The maximum absolute atomic E-state index is 12.9. The predicted octanol–water partition coefficient (Wildman–Crippen LogP) is 1.61. The molecule has 1 heterocycles. The van der Waals surface area contributed by atoms with Crippen molar-refractivity contribution in [2.45, 2.75) is 19.0 Å². The number of aryl methyl sites for hydroxylation is 1. The van der Waals surface area contributed by atoms with Crippen LogP contribution in [0.2, 0.25) is 0 Å². The van der Waals surface area contributed by atoms with Crippen LogP contribution in [0.5, 0.6) is 0 Å². The zero-order chi connectivity index (χ0) is 16.4. The van der Waals surface area contributed by atoms with Gasteiger partial charge in [0.05, 0.1) is 6.04 Å². The molecule has 3 N–H and O–H groups in total. The molecular formula is C17H16FN3O2. The summed E-state index contributed by atoms with van der Waals surface area (Å²) in [4.78, 5) is 24.2. The lowest BCUT2D eigenvalue weighted by molar-refractivity contribution is -0.121. The van der Waals surface area contributed by atoms with Crippen molar-refractivity contribution >= 4 is 11.8 Å². The van der Waals surface area contributed by atoms with E-state index in [1.165, 1.54) is 24.3 Å². The van der Waals surface area contributed by atoms with Gasteiger partial charge in [0.25, 0.3) is 11.8 Å². The molecule has 6 heteroatoms. The standard InChI is InChI=1S/C17H16FN3O2/c1-10-2-4-11(5-3-10)14-15(17(23)21-20-14)19-16(22)12-6-8-13(18)9-7-12/h2-9,14-15,20H,1H3,(H,19,22)(H,21,23)/t14-,15+/m1/s1. The highest BCUT2D eigenvalue weighted by Gasteiger charge is 2.36. The number of benzene rings is 2. The molecule has 0 radical (unpaired) electrons. The molecule has 5 nitrogen and oxygen atoms in total. The minimum Gasteiger partial charge on any atom is -0.338 e. The van der Waals surface area contributed by atoms with Gasteiger partial charge in [0.1, 0.15) is 11.9 Å². The van der Waals surface area contributed by atoms with Crippen LogP contribution >= 0.6 is 0 Å². The van der Waals surface area contributed by atoms with Crippen LogP contribution in [0.15, 0.2) is 48.5 Å². The van der Waals surface area contributed by atoms with Crippen LogP contribution in [-0.2, 0) is 4.79 Å². The number of nitrogens with one attached hydrogen (secondary N) is 3. The molecule has 0 aromatic heterocycles. The number of carbonyl (C=O) groups excluding carboxylic acids is 2. The molecule has 1 aliphatic heterocycles. The van der Waals surface area contributed by atoms with Gasteiger partial charge < -0.3 is 5.32 Å². The fourth-order valence-corrected chi connectivity index (χ4v) is 2.49. The Bertz CT molecular complexity index is 729. The maximum atomic E-state index is 12.9. The van der Waals surface area contributed by atoms with Crippen LogP contribution in [0.3, 0.4) is 0 Å². The van der Waals surface area contributed by atoms with Crippen molar-refractivity contribution in [3.05, 3.63) is 71.0 Å². The number of halogens is 1. The molecular weight excluding hydrogens is 297 g/mol. The molecule has 0 saturated carbocycles. The van der Waals surface area contributed by atoms with Gasteiger partial charge in [0, 0.05) is 5.56 Å². The molecule has 2 atom stereocenters. The summed E-state index contributed by atoms with van der Waals surface area (Å²) in [5.41, 5.74) is 7.72. The topological polar surface area (TPSA) is 70.2 Å². The first-order valence-corrected chi connectivity index (χ1v) is 7.23. The molecule has 2 aromatic rings. The number of hydrogen-bond donors (Lipinski definition) is 3. The van der Waals surface area contributed by atoms with E-state index in [0.29, 0.717) is 5.56 Å².